The van der Waals surface area contributed by atoms with Crippen molar-refractivity contribution in [2.24, 2.45) is 0 Å². The van der Waals surface area contributed by atoms with Crippen LogP contribution in [0, 0.1) is 0 Å². The molecule has 3 rings (SSSR count). The van der Waals surface area contributed by atoms with Gasteiger partial charge in [-0.05, 0) is 25.1 Å². The van der Waals surface area contributed by atoms with E-state index < -0.39 is 0 Å². The van der Waals surface area contributed by atoms with E-state index in [1.807, 2.05) is 35.7 Å². The van der Waals surface area contributed by atoms with Crippen LogP contribution in [-0.4, -0.2) is 25.5 Å². The fraction of sp³-hybridized carbons (Fsp3) is 0.154. The molecule has 0 saturated heterocycles. The Morgan fingerprint density at radius 1 is 1.45 bits per heavy atom. The van der Waals surface area contributed by atoms with Crippen molar-refractivity contribution in [3.05, 3.63) is 53.2 Å². The van der Waals surface area contributed by atoms with E-state index in [4.69, 9.17) is 11.6 Å². The van der Waals surface area contributed by atoms with Gasteiger partial charge in [-0.15, -0.1) is 10.2 Å². The number of nitrogens with zero attached hydrogens (tertiary/aromatic N) is 3. The van der Waals surface area contributed by atoms with Gasteiger partial charge in [0.2, 0.25) is 0 Å². The molecule has 3 aromatic rings. The van der Waals surface area contributed by atoms with Crippen molar-refractivity contribution in [1.82, 2.24) is 24.9 Å². The monoisotopic (exact) mass is 289 g/mol. The fourth-order valence-corrected chi connectivity index (χ4v) is 2.16. The lowest BCUT2D eigenvalue weighted by Gasteiger charge is -2.11. The molecule has 0 aliphatic carbocycles. The molecule has 1 atom stereocenters. The maximum Gasteiger partial charge on any atom is 0.268 e. The number of aromatic nitrogens is 4. The van der Waals surface area contributed by atoms with Crippen LogP contribution in [0.1, 0.15) is 29.3 Å². The van der Waals surface area contributed by atoms with Crippen LogP contribution in [0.4, 0.5) is 0 Å². The van der Waals surface area contributed by atoms with E-state index >= 15 is 0 Å². The van der Waals surface area contributed by atoms with Gasteiger partial charge in [-0.3, -0.25) is 9.20 Å². The summed E-state index contributed by atoms with van der Waals surface area (Å²) in [6.07, 6.45) is 3.42. The molecule has 0 radical (unpaired) electrons. The Morgan fingerprint density at radius 2 is 2.30 bits per heavy atom. The molecule has 1 amide bonds. The Hall–Kier alpha value is -2.34. The number of carbonyl (C=O) groups excluding carboxylic acids is 1. The molecule has 0 spiro atoms. The molecule has 0 unspecified atom stereocenters. The van der Waals surface area contributed by atoms with Crippen molar-refractivity contribution >= 4 is 23.2 Å². The molecule has 7 heteroatoms. The highest BCUT2D eigenvalue weighted by atomic mass is 35.5. The number of fused-ring (bicyclic) bond motifs is 1. The standard InChI is InChI=1S/C13H12ClN5O/c1-8(16-13(20)10-6-9(14)7-15-10)12-18-17-11-4-2-3-5-19(11)12/h2-8,15H,1H3,(H,16,20)/t8-/m1/s1. The third kappa shape index (κ3) is 2.25. The third-order valence-corrected chi connectivity index (χ3v) is 3.19. The SMILES string of the molecule is C[C@@H](NC(=O)c1cc(Cl)c[nH]1)c1nnc2ccccn12. The van der Waals surface area contributed by atoms with Crippen molar-refractivity contribution in [3.8, 4) is 0 Å². The lowest BCUT2D eigenvalue weighted by Crippen LogP contribution is -2.28. The number of carbonyl (C=O) groups is 1. The summed E-state index contributed by atoms with van der Waals surface area (Å²) in [5.41, 5.74) is 1.15. The summed E-state index contributed by atoms with van der Waals surface area (Å²) >= 11 is 5.78. The zero-order valence-corrected chi connectivity index (χ0v) is 11.4. The molecule has 0 aliphatic rings. The molecule has 20 heavy (non-hydrogen) atoms. The second-order valence-corrected chi connectivity index (χ2v) is 4.85. The minimum Gasteiger partial charge on any atom is -0.356 e. The van der Waals surface area contributed by atoms with Crippen LogP contribution in [0.2, 0.25) is 5.02 Å². The van der Waals surface area contributed by atoms with Crippen LogP contribution < -0.4 is 5.32 Å². The number of aromatic amines is 1. The smallest absolute Gasteiger partial charge is 0.268 e. The van der Waals surface area contributed by atoms with Crippen LogP contribution in [0.3, 0.4) is 0 Å². The van der Waals surface area contributed by atoms with E-state index in [1.54, 1.807) is 12.3 Å². The van der Waals surface area contributed by atoms with Crippen LogP contribution in [0.5, 0.6) is 0 Å². The predicted molar refractivity (Wildman–Crippen MR) is 74.7 cm³/mol. The highest BCUT2D eigenvalue weighted by Gasteiger charge is 2.17. The summed E-state index contributed by atoms with van der Waals surface area (Å²) in [5.74, 6) is 0.434. The molecule has 6 nitrogen and oxygen atoms in total. The minimum atomic E-state index is -0.276. The zero-order chi connectivity index (χ0) is 14.1. The van der Waals surface area contributed by atoms with Crippen molar-refractivity contribution in [1.29, 1.82) is 0 Å². The number of pyridine rings is 1. The van der Waals surface area contributed by atoms with E-state index in [9.17, 15) is 4.79 Å². The van der Waals surface area contributed by atoms with Gasteiger partial charge in [0.15, 0.2) is 11.5 Å². The normalized spacial score (nSPS) is 12.5. The predicted octanol–water partition coefficient (Wildman–Crippen LogP) is 2.20. The van der Waals surface area contributed by atoms with E-state index in [-0.39, 0.29) is 11.9 Å². The van der Waals surface area contributed by atoms with Gasteiger partial charge in [0.25, 0.3) is 5.91 Å². The summed E-state index contributed by atoms with van der Waals surface area (Å²) in [5, 5.41) is 11.5. The molecule has 0 fully saturated rings. The number of halogens is 1. The van der Waals surface area contributed by atoms with Crippen LogP contribution in [0.15, 0.2) is 36.7 Å². The average molecular weight is 290 g/mol. The molecule has 2 N–H and O–H groups in total. The molecule has 0 bridgehead atoms. The lowest BCUT2D eigenvalue weighted by molar-refractivity contribution is 0.0933. The summed E-state index contributed by atoms with van der Waals surface area (Å²) < 4.78 is 1.84. The molecule has 3 heterocycles. The molecule has 0 aromatic carbocycles. The number of nitrogens with one attached hydrogen (secondary N) is 2. The second kappa shape index (κ2) is 4.97. The van der Waals surface area contributed by atoms with Gasteiger partial charge < -0.3 is 10.3 Å². The Morgan fingerprint density at radius 3 is 3.05 bits per heavy atom. The Balaban J connectivity index is 1.82. The van der Waals surface area contributed by atoms with E-state index in [2.05, 4.69) is 20.5 Å². The van der Waals surface area contributed by atoms with Gasteiger partial charge in [-0.1, -0.05) is 17.7 Å². The van der Waals surface area contributed by atoms with E-state index in [0.29, 0.717) is 16.5 Å². The maximum atomic E-state index is 12.0. The third-order valence-electron chi connectivity index (χ3n) is 2.97. The molecule has 102 valence electrons. The first-order valence-corrected chi connectivity index (χ1v) is 6.47. The van der Waals surface area contributed by atoms with Gasteiger partial charge in [0.1, 0.15) is 5.69 Å². The first kappa shape index (κ1) is 12.7. The summed E-state index contributed by atoms with van der Waals surface area (Å²) in [6.45, 7) is 1.85. The maximum absolute atomic E-state index is 12.0. The Kier molecular flexibility index (Phi) is 3.15. The number of hydrogen-bond acceptors (Lipinski definition) is 3. The molecular weight excluding hydrogens is 278 g/mol. The molecule has 3 aromatic heterocycles. The van der Waals surface area contributed by atoms with Crippen LogP contribution in [-0.2, 0) is 0 Å². The van der Waals surface area contributed by atoms with Gasteiger partial charge in [0, 0.05) is 12.4 Å². The summed E-state index contributed by atoms with van der Waals surface area (Å²) in [6, 6.07) is 6.93. The average Bonchev–Trinajstić information content (AvgIpc) is 3.04. The number of rotatable bonds is 3. The van der Waals surface area contributed by atoms with Crippen molar-refractivity contribution < 1.29 is 4.79 Å². The number of hydrogen-bond donors (Lipinski definition) is 2. The topological polar surface area (TPSA) is 75.1 Å². The van der Waals surface area contributed by atoms with Gasteiger partial charge in [-0.25, -0.2) is 0 Å². The second-order valence-electron chi connectivity index (χ2n) is 4.41. The number of H-pyrrole nitrogens is 1. The van der Waals surface area contributed by atoms with E-state index in [0.717, 1.165) is 5.65 Å². The largest absolute Gasteiger partial charge is 0.356 e. The summed E-state index contributed by atoms with van der Waals surface area (Å²) in [7, 11) is 0. The van der Waals surface area contributed by atoms with Crippen molar-refractivity contribution in [3.63, 3.8) is 0 Å². The zero-order valence-electron chi connectivity index (χ0n) is 10.7. The highest BCUT2D eigenvalue weighted by molar-refractivity contribution is 6.30. The fourth-order valence-electron chi connectivity index (χ4n) is 1.99. The van der Waals surface area contributed by atoms with Gasteiger partial charge in [-0.2, -0.15) is 0 Å². The summed E-state index contributed by atoms with van der Waals surface area (Å²) in [4.78, 5) is 14.8. The number of amides is 1. The lowest BCUT2D eigenvalue weighted by atomic mass is 10.3. The Labute approximate surface area is 119 Å². The van der Waals surface area contributed by atoms with Crippen molar-refractivity contribution in [2.45, 2.75) is 13.0 Å². The highest BCUT2D eigenvalue weighted by Crippen LogP contribution is 2.14. The van der Waals surface area contributed by atoms with Gasteiger partial charge >= 0.3 is 0 Å². The molecule has 0 saturated carbocycles. The Bertz CT molecular complexity index is 763. The first-order valence-electron chi connectivity index (χ1n) is 6.09. The minimum absolute atomic E-state index is 0.239. The van der Waals surface area contributed by atoms with Crippen LogP contribution in [0.25, 0.3) is 5.65 Å². The van der Waals surface area contributed by atoms with Gasteiger partial charge in [0.05, 0.1) is 11.1 Å². The van der Waals surface area contributed by atoms with Crippen molar-refractivity contribution in [2.75, 3.05) is 0 Å². The van der Waals surface area contributed by atoms with Crippen LogP contribution >= 0.6 is 11.6 Å². The molecular formula is C13H12ClN5O. The van der Waals surface area contributed by atoms with E-state index in [1.165, 1.54) is 0 Å². The first-order chi connectivity index (χ1) is 9.65. The molecule has 0 aliphatic heterocycles. The quantitative estimate of drug-likeness (QED) is 0.776.